The third-order valence-corrected chi connectivity index (χ3v) is 7.32. The first-order chi connectivity index (χ1) is 16.3. The van der Waals surface area contributed by atoms with Gasteiger partial charge in [-0.3, -0.25) is 0 Å². The van der Waals surface area contributed by atoms with Gasteiger partial charge >= 0.3 is 5.97 Å². The molecule has 8 heteroatoms. The fraction of sp³-hybridized carbons (Fsp3) is 0.269. The summed E-state index contributed by atoms with van der Waals surface area (Å²) in [5.74, 6) is -0.482. The molecule has 0 aliphatic heterocycles. The molecule has 1 atom stereocenters. The van der Waals surface area contributed by atoms with Crippen LogP contribution < -0.4 is 5.32 Å². The molecule has 2 N–H and O–H groups in total. The van der Waals surface area contributed by atoms with Crippen molar-refractivity contribution in [2.24, 2.45) is 0 Å². The molecule has 3 rings (SSSR count). The second-order valence-corrected chi connectivity index (χ2v) is 10.2. The number of carbonyl (C=O) groups is 1. The minimum atomic E-state index is -3.68. The van der Waals surface area contributed by atoms with Crippen LogP contribution in [0.25, 0.3) is 0 Å². The molecular formula is C26H28ClNO5S. The number of rotatable bonds is 11. The van der Waals surface area contributed by atoms with E-state index < -0.39 is 21.9 Å². The van der Waals surface area contributed by atoms with E-state index in [0.717, 1.165) is 24.0 Å². The van der Waals surface area contributed by atoms with Crippen LogP contribution in [-0.2, 0) is 21.0 Å². The van der Waals surface area contributed by atoms with Gasteiger partial charge in [-0.1, -0.05) is 35.9 Å². The maximum atomic E-state index is 12.9. The molecule has 0 radical (unpaired) electrons. The van der Waals surface area contributed by atoms with Crippen molar-refractivity contribution in [2.75, 3.05) is 19.7 Å². The molecule has 0 aliphatic carbocycles. The molecule has 0 spiro atoms. The predicted octanol–water partition coefficient (Wildman–Crippen LogP) is 4.61. The highest BCUT2D eigenvalue weighted by Crippen LogP contribution is 2.22. The largest absolute Gasteiger partial charge is 0.462 e. The molecule has 0 amide bonds. The molecule has 180 valence electrons. The Morgan fingerprint density at radius 2 is 1.68 bits per heavy atom. The average molecular weight is 502 g/mol. The quantitative estimate of drug-likeness (QED) is 0.294. The molecular weight excluding hydrogens is 474 g/mol. The van der Waals surface area contributed by atoms with Gasteiger partial charge in [0.15, 0.2) is 0 Å². The minimum absolute atomic E-state index is 0.121. The lowest BCUT2D eigenvalue weighted by Crippen LogP contribution is -2.22. The summed E-state index contributed by atoms with van der Waals surface area (Å²) in [7, 11) is -3.68. The number of aryl methyl sites for hydroxylation is 1. The number of nitrogens with one attached hydrogen (secondary N) is 1. The first-order valence-electron chi connectivity index (χ1n) is 11.1. The Labute approximate surface area is 205 Å². The zero-order valence-corrected chi connectivity index (χ0v) is 20.5. The highest BCUT2D eigenvalue weighted by molar-refractivity contribution is 7.91. The zero-order valence-electron chi connectivity index (χ0n) is 18.9. The summed E-state index contributed by atoms with van der Waals surface area (Å²) < 4.78 is 30.7. The van der Waals surface area contributed by atoms with Gasteiger partial charge < -0.3 is 15.2 Å². The number of aliphatic hydroxyl groups excluding tert-OH is 1. The summed E-state index contributed by atoms with van der Waals surface area (Å²) in [5, 5.41) is 14.0. The SMILES string of the molecule is CCOC(=O)c1ccc(S(=O)(=O)c2ccc(CCCNC[C@@H](O)c3cccc(Cl)c3)cc2)cc1. The van der Waals surface area contributed by atoms with Crippen LogP contribution in [0, 0.1) is 0 Å². The lowest BCUT2D eigenvalue weighted by Gasteiger charge is -2.12. The summed E-state index contributed by atoms with van der Waals surface area (Å²) in [4.78, 5) is 12.1. The highest BCUT2D eigenvalue weighted by Gasteiger charge is 2.18. The molecule has 0 unspecified atom stereocenters. The highest BCUT2D eigenvalue weighted by atomic mass is 35.5. The van der Waals surface area contributed by atoms with Crippen LogP contribution in [0.4, 0.5) is 0 Å². The lowest BCUT2D eigenvalue weighted by molar-refractivity contribution is 0.0526. The Morgan fingerprint density at radius 1 is 1.03 bits per heavy atom. The van der Waals surface area contributed by atoms with Crippen molar-refractivity contribution in [2.45, 2.75) is 35.7 Å². The minimum Gasteiger partial charge on any atom is -0.462 e. The average Bonchev–Trinajstić information content (AvgIpc) is 2.84. The maximum Gasteiger partial charge on any atom is 0.338 e. The van der Waals surface area contributed by atoms with Gasteiger partial charge in [-0.2, -0.15) is 0 Å². The normalized spacial score (nSPS) is 12.3. The van der Waals surface area contributed by atoms with E-state index in [9.17, 15) is 18.3 Å². The molecule has 3 aromatic rings. The molecule has 0 fully saturated rings. The van der Waals surface area contributed by atoms with Crippen molar-refractivity contribution < 1.29 is 23.1 Å². The van der Waals surface area contributed by atoms with Crippen LogP contribution in [0.2, 0.25) is 5.02 Å². The van der Waals surface area contributed by atoms with Gasteiger partial charge in [0.1, 0.15) is 0 Å². The second kappa shape index (κ2) is 12.1. The molecule has 34 heavy (non-hydrogen) atoms. The molecule has 0 saturated carbocycles. The van der Waals surface area contributed by atoms with Crippen molar-refractivity contribution in [3.8, 4) is 0 Å². The Bertz CT molecular complexity index is 1190. The molecule has 0 bridgehead atoms. The fourth-order valence-corrected chi connectivity index (χ4v) is 4.90. The Morgan fingerprint density at radius 3 is 2.29 bits per heavy atom. The number of esters is 1. The van der Waals surface area contributed by atoms with Gasteiger partial charge in [0.05, 0.1) is 28.1 Å². The third kappa shape index (κ3) is 6.90. The number of ether oxygens (including phenoxy) is 1. The monoisotopic (exact) mass is 501 g/mol. The van der Waals surface area contributed by atoms with Crippen molar-refractivity contribution in [1.82, 2.24) is 5.32 Å². The summed E-state index contributed by atoms with van der Waals surface area (Å²) in [6.45, 7) is 3.10. The Hall–Kier alpha value is -2.71. The molecule has 0 heterocycles. The van der Waals surface area contributed by atoms with Crippen LogP contribution in [0.15, 0.2) is 82.6 Å². The van der Waals surface area contributed by atoms with Gasteiger partial charge in [-0.05, 0) is 86.0 Å². The van der Waals surface area contributed by atoms with E-state index in [-0.39, 0.29) is 16.4 Å². The number of aliphatic hydroxyl groups is 1. The topological polar surface area (TPSA) is 92.7 Å². The van der Waals surface area contributed by atoms with Crippen LogP contribution >= 0.6 is 11.6 Å². The lowest BCUT2D eigenvalue weighted by atomic mass is 10.1. The molecule has 0 aliphatic rings. The number of benzene rings is 3. The van der Waals surface area contributed by atoms with E-state index in [1.165, 1.54) is 24.3 Å². The van der Waals surface area contributed by atoms with Gasteiger partial charge in [0.2, 0.25) is 9.84 Å². The standard InChI is InChI=1S/C26H28ClNO5S/c1-2-33-26(30)20-10-14-24(15-11-20)34(31,32)23-12-8-19(9-13-23)5-4-16-28-18-25(29)21-6-3-7-22(27)17-21/h3,6-15,17,25,28-29H,2,4-5,16,18H2,1H3/t25-/m1/s1. The van der Waals surface area contributed by atoms with E-state index in [0.29, 0.717) is 23.7 Å². The number of halogens is 1. The molecule has 0 aromatic heterocycles. The predicted molar refractivity (Wildman–Crippen MR) is 132 cm³/mol. The van der Waals surface area contributed by atoms with E-state index in [4.69, 9.17) is 16.3 Å². The number of sulfone groups is 1. The zero-order chi connectivity index (χ0) is 24.6. The first kappa shape index (κ1) is 25.9. The number of hydrogen-bond acceptors (Lipinski definition) is 6. The summed E-state index contributed by atoms with van der Waals surface area (Å²) in [6.07, 6.45) is 0.980. The number of hydrogen-bond donors (Lipinski definition) is 2. The Balaban J connectivity index is 1.50. The van der Waals surface area contributed by atoms with Crippen LogP contribution in [0.3, 0.4) is 0 Å². The summed E-state index contributed by atoms with van der Waals surface area (Å²) in [6, 6.07) is 19.7. The first-order valence-corrected chi connectivity index (χ1v) is 12.9. The van der Waals surface area contributed by atoms with Crippen LogP contribution in [-0.4, -0.2) is 39.2 Å². The van der Waals surface area contributed by atoms with Gasteiger partial charge in [0, 0.05) is 11.6 Å². The smallest absolute Gasteiger partial charge is 0.338 e. The van der Waals surface area contributed by atoms with E-state index >= 15 is 0 Å². The Kier molecular flexibility index (Phi) is 9.24. The maximum absolute atomic E-state index is 12.9. The third-order valence-electron chi connectivity index (χ3n) is 5.30. The van der Waals surface area contributed by atoms with E-state index in [2.05, 4.69) is 5.32 Å². The van der Waals surface area contributed by atoms with Crippen molar-refractivity contribution >= 4 is 27.4 Å². The van der Waals surface area contributed by atoms with Crippen molar-refractivity contribution in [3.05, 3.63) is 94.5 Å². The van der Waals surface area contributed by atoms with Crippen molar-refractivity contribution in [1.29, 1.82) is 0 Å². The van der Waals surface area contributed by atoms with Crippen LogP contribution in [0.1, 0.15) is 40.9 Å². The van der Waals surface area contributed by atoms with Gasteiger partial charge in [-0.25, -0.2) is 13.2 Å². The fourth-order valence-electron chi connectivity index (χ4n) is 3.44. The molecule has 6 nitrogen and oxygen atoms in total. The van der Waals surface area contributed by atoms with E-state index in [1.807, 2.05) is 12.1 Å². The number of carbonyl (C=O) groups excluding carboxylic acids is 1. The van der Waals surface area contributed by atoms with Crippen molar-refractivity contribution in [3.63, 3.8) is 0 Å². The van der Waals surface area contributed by atoms with E-state index in [1.54, 1.807) is 43.3 Å². The van der Waals surface area contributed by atoms with Gasteiger partial charge in [-0.15, -0.1) is 0 Å². The second-order valence-electron chi connectivity index (χ2n) is 7.77. The summed E-state index contributed by atoms with van der Waals surface area (Å²) >= 11 is 5.96. The van der Waals surface area contributed by atoms with Gasteiger partial charge in [0.25, 0.3) is 0 Å². The summed E-state index contributed by atoms with van der Waals surface area (Å²) in [5.41, 5.74) is 2.10. The molecule has 3 aromatic carbocycles. The molecule has 0 saturated heterocycles. The van der Waals surface area contributed by atoms with Crippen LogP contribution in [0.5, 0.6) is 0 Å².